The minimum Gasteiger partial charge on any atom is -0.493 e. The molecule has 0 fully saturated rings. The van der Waals surface area contributed by atoms with Gasteiger partial charge in [0.2, 0.25) is 0 Å². The van der Waals surface area contributed by atoms with Gasteiger partial charge in [-0.1, -0.05) is 18.2 Å². The molecule has 4 heteroatoms. The number of benzene rings is 1. The Morgan fingerprint density at radius 1 is 1.35 bits per heavy atom. The zero-order valence-corrected chi connectivity index (χ0v) is 10.3. The van der Waals surface area contributed by atoms with E-state index >= 15 is 0 Å². The molecule has 4 nitrogen and oxygen atoms in total. The van der Waals surface area contributed by atoms with Crippen LogP contribution in [-0.2, 0) is 11.3 Å². The molecule has 0 bridgehead atoms. The predicted molar refractivity (Wildman–Crippen MR) is 66.9 cm³/mol. The molecule has 0 aliphatic heterocycles. The van der Waals surface area contributed by atoms with Crippen molar-refractivity contribution in [1.82, 2.24) is 0 Å². The van der Waals surface area contributed by atoms with Gasteiger partial charge in [-0.05, 0) is 13.0 Å². The maximum absolute atomic E-state index is 9.13. The van der Waals surface area contributed by atoms with E-state index in [0.29, 0.717) is 19.8 Å². The Morgan fingerprint density at radius 2 is 2.12 bits per heavy atom. The molecule has 0 aliphatic rings. The van der Waals surface area contributed by atoms with Gasteiger partial charge in [0, 0.05) is 25.1 Å². The highest BCUT2D eigenvalue weighted by molar-refractivity contribution is 5.32. The van der Waals surface area contributed by atoms with E-state index in [0.717, 1.165) is 17.7 Å². The number of para-hydroxylation sites is 1. The van der Waals surface area contributed by atoms with E-state index < -0.39 is 0 Å². The minimum absolute atomic E-state index is 0.0120. The van der Waals surface area contributed by atoms with Crippen molar-refractivity contribution in [1.29, 1.82) is 0 Å². The summed E-state index contributed by atoms with van der Waals surface area (Å²) >= 11 is 0. The van der Waals surface area contributed by atoms with Gasteiger partial charge in [-0.2, -0.15) is 0 Å². The van der Waals surface area contributed by atoms with E-state index in [9.17, 15) is 0 Å². The molecule has 0 heterocycles. The van der Waals surface area contributed by atoms with Crippen molar-refractivity contribution in [3.05, 3.63) is 29.8 Å². The summed E-state index contributed by atoms with van der Waals surface area (Å²) in [6, 6.07) is 7.46. The van der Waals surface area contributed by atoms with E-state index in [-0.39, 0.29) is 12.7 Å². The first-order valence-corrected chi connectivity index (χ1v) is 5.95. The summed E-state index contributed by atoms with van der Waals surface area (Å²) in [5.41, 5.74) is 6.37. The van der Waals surface area contributed by atoms with E-state index in [1.807, 2.05) is 31.2 Å². The number of rotatable bonds is 8. The van der Waals surface area contributed by atoms with Gasteiger partial charge in [-0.15, -0.1) is 0 Å². The lowest BCUT2D eigenvalue weighted by atomic mass is 10.2. The Labute approximate surface area is 102 Å². The van der Waals surface area contributed by atoms with Gasteiger partial charge < -0.3 is 20.3 Å². The van der Waals surface area contributed by atoms with E-state index in [2.05, 4.69) is 0 Å². The van der Waals surface area contributed by atoms with Crippen LogP contribution in [0.2, 0.25) is 0 Å². The molecular weight excluding hydrogens is 218 g/mol. The molecule has 0 aliphatic carbocycles. The van der Waals surface area contributed by atoms with E-state index in [1.54, 1.807) is 0 Å². The van der Waals surface area contributed by atoms with Crippen molar-refractivity contribution in [3.8, 4) is 5.75 Å². The van der Waals surface area contributed by atoms with Crippen LogP contribution < -0.4 is 10.5 Å². The molecule has 1 rings (SSSR count). The molecule has 0 spiro atoms. The number of hydrogen-bond donors (Lipinski definition) is 2. The number of hydrogen-bond acceptors (Lipinski definition) is 4. The third kappa shape index (κ3) is 4.73. The molecule has 0 radical (unpaired) electrons. The Bertz CT molecular complexity index is 317. The summed E-state index contributed by atoms with van der Waals surface area (Å²) in [4.78, 5) is 0. The third-order valence-electron chi connectivity index (χ3n) is 2.51. The van der Waals surface area contributed by atoms with Crippen molar-refractivity contribution >= 4 is 0 Å². The highest BCUT2D eigenvalue weighted by Crippen LogP contribution is 2.18. The first-order chi connectivity index (χ1) is 8.31. The van der Waals surface area contributed by atoms with Crippen LogP contribution >= 0.6 is 0 Å². The average Bonchev–Trinajstić information content (AvgIpc) is 2.38. The molecule has 3 N–H and O–H groups in total. The van der Waals surface area contributed by atoms with Crippen LogP contribution in [0.3, 0.4) is 0 Å². The quantitative estimate of drug-likeness (QED) is 0.718. The highest BCUT2D eigenvalue weighted by Gasteiger charge is 2.07. The maximum Gasteiger partial charge on any atom is 0.124 e. The molecule has 0 aromatic heterocycles. The molecule has 0 saturated heterocycles. The number of ether oxygens (including phenoxy) is 2. The molecule has 17 heavy (non-hydrogen) atoms. The second-order valence-electron chi connectivity index (χ2n) is 3.72. The lowest BCUT2D eigenvalue weighted by molar-refractivity contribution is 0.0525. The first-order valence-electron chi connectivity index (χ1n) is 5.95. The number of aliphatic hydroxyl groups excluding tert-OH is 1. The highest BCUT2D eigenvalue weighted by atomic mass is 16.5. The van der Waals surface area contributed by atoms with Gasteiger partial charge in [0.25, 0.3) is 0 Å². The zero-order chi connectivity index (χ0) is 12.5. The summed E-state index contributed by atoms with van der Waals surface area (Å²) in [5.74, 6) is 0.724. The van der Waals surface area contributed by atoms with Crippen LogP contribution in [0.4, 0.5) is 0 Å². The lowest BCUT2D eigenvalue weighted by Gasteiger charge is -2.16. The fourth-order valence-corrected chi connectivity index (χ4v) is 1.58. The Kier molecular flexibility index (Phi) is 6.62. The summed E-state index contributed by atoms with van der Waals surface area (Å²) in [5, 5.41) is 9.13. The van der Waals surface area contributed by atoms with E-state index in [4.69, 9.17) is 20.3 Å². The van der Waals surface area contributed by atoms with Crippen LogP contribution in [0.15, 0.2) is 24.3 Å². The number of nitrogens with two attached hydrogens (primary N) is 1. The van der Waals surface area contributed by atoms with Crippen molar-refractivity contribution in [2.45, 2.75) is 26.1 Å². The zero-order valence-electron chi connectivity index (χ0n) is 10.3. The van der Waals surface area contributed by atoms with Crippen molar-refractivity contribution in [2.24, 2.45) is 5.73 Å². The predicted octanol–water partition coefficient (Wildman–Crippen LogP) is 1.31. The summed E-state index contributed by atoms with van der Waals surface area (Å²) in [6.07, 6.45) is 0.797. The summed E-state index contributed by atoms with van der Waals surface area (Å²) < 4.78 is 11.0. The van der Waals surface area contributed by atoms with Crippen LogP contribution in [-0.4, -0.2) is 31.0 Å². The van der Waals surface area contributed by atoms with Crippen molar-refractivity contribution in [2.75, 3.05) is 19.8 Å². The van der Waals surface area contributed by atoms with Crippen molar-refractivity contribution < 1.29 is 14.6 Å². The second-order valence-corrected chi connectivity index (χ2v) is 3.72. The van der Waals surface area contributed by atoms with Crippen LogP contribution in [0.1, 0.15) is 18.9 Å². The topological polar surface area (TPSA) is 64.7 Å². The monoisotopic (exact) mass is 239 g/mol. The average molecular weight is 239 g/mol. The van der Waals surface area contributed by atoms with Gasteiger partial charge in [0.15, 0.2) is 0 Å². The molecular formula is C13H21NO3. The third-order valence-corrected chi connectivity index (χ3v) is 2.51. The fraction of sp³-hybridized carbons (Fsp3) is 0.538. The fourth-order valence-electron chi connectivity index (χ4n) is 1.58. The summed E-state index contributed by atoms with van der Waals surface area (Å²) in [6.45, 7) is 3.64. The van der Waals surface area contributed by atoms with Gasteiger partial charge in [0.1, 0.15) is 5.75 Å². The minimum atomic E-state index is -0.0120. The Hall–Kier alpha value is -1.10. The van der Waals surface area contributed by atoms with Crippen LogP contribution in [0.25, 0.3) is 0 Å². The molecule has 0 amide bonds. The van der Waals surface area contributed by atoms with Gasteiger partial charge in [-0.25, -0.2) is 0 Å². The van der Waals surface area contributed by atoms with Crippen LogP contribution in [0.5, 0.6) is 5.75 Å². The SMILES string of the molecule is CCOC(CN)CCOc1ccccc1CO. The second kappa shape index (κ2) is 8.06. The lowest BCUT2D eigenvalue weighted by Crippen LogP contribution is -2.25. The maximum atomic E-state index is 9.13. The molecule has 0 saturated carbocycles. The summed E-state index contributed by atoms with van der Waals surface area (Å²) in [7, 11) is 0. The molecule has 1 atom stereocenters. The molecule has 96 valence electrons. The molecule has 1 unspecified atom stereocenters. The van der Waals surface area contributed by atoms with E-state index in [1.165, 1.54) is 0 Å². The van der Waals surface area contributed by atoms with Gasteiger partial charge >= 0.3 is 0 Å². The van der Waals surface area contributed by atoms with Crippen molar-refractivity contribution in [3.63, 3.8) is 0 Å². The van der Waals surface area contributed by atoms with Gasteiger partial charge in [-0.3, -0.25) is 0 Å². The Morgan fingerprint density at radius 3 is 2.76 bits per heavy atom. The van der Waals surface area contributed by atoms with Crippen LogP contribution in [0, 0.1) is 0 Å². The molecule has 1 aromatic carbocycles. The normalized spacial score (nSPS) is 12.4. The first kappa shape index (κ1) is 14.0. The smallest absolute Gasteiger partial charge is 0.124 e. The Balaban J connectivity index is 2.39. The van der Waals surface area contributed by atoms with Gasteiger partial charge in [0.05, 0.1) is 19.3 Å². The molecule has 1 aromatic rings. The largest absolute Gasteiger partial charge is 0.493 e. The number of aliphatic hydroxyl groups is 1. The standard InChI is InChI=1S/C13H21NO3/c1-2-16-12(9-14)7-8-17-13-6-4-3-5-11(13)10-15/h3-6,12,15H,2,7-10,14H2,1H3.